The van der Waals surface area contributed by atoms with Gasteiger partial charge in [0, 0.05) is 11.6 Å². The van der Waals surface area contributed by atoms with Gasteiger partial charge in [0.15, 0.2) is 5.82 Å². The lowest BCUT2D eigenvalue weighted by molar-refractivity contribution is 0.302. The number of nitrogens with one attached hydrogen (secondary N) is 2. The SMILES string of the molecule is CCCOc1ccc(-c2ccc(-c3nnn[nH]3)c(=O)[nH]2)c(OCCC)c1. The Morgan fingerprint density at radius 1 is 1.00 bits per heavy atom. The van der Waals surface area contributed by atoms with Gasteiger partial charge in [-0.3, -0.25) is 4.79 Å². The van der Waals surface area contributed by atoms with E-state index in [1.54, 1.807) is 12.1 Å². The molecular weight excluding hydrogens is 334 g/mol. The van der Waals surface area contributed by atoms with Crippen LogP contribution in [0.1, 0.15) is 26.7 Å². The third-order valence-electron chi connectivity index (χ3n) is 3.69. The van der Waals surface area contributed by atoms with Gasteiger partial charge in [-0.15, -0.1) is 5.10 Å². The first-order chi connectivity index (χ1) is 12.7. The van der Waals surface area contributed by atoms with Crippen molar-refractivity contribution in [2.45, 2.75) is 26.7 Å². The molecule has 0 fully saturated rings. The Labute approximate surface area is 150 Å². The minimum Gasteiger partial charge on any atom is -0.493 e. The molecule has 0 unspecified atom stereocenters. The summed E-state index contributed by atoms with van der Waals surface area (Å²) in [5, 5.41) is 13.3. The summed E-state index contributed by atoms with van der Waals surface area (Å²) >= 11 is 0. The van der Waals surface area contributed by atoms with Gasteiger partial charge in [-0.1, -0.05) is 13.8 Å². The second-order valence-electron chi connectivity index (χ2n) is 5.72. The van der Waals surface area contributed by atoms with Crippen molar-refractivity contribution in [3.05, 3.63) is 40.7 Å². The highest BCUT2D eigenvalue weighted by atomic mass is 16.5. The highest BCUT2D eigenvalue weighted by Crippen LogP contribution is 2.32. The van der Waals surface area contributed by atoms with Gasteiger partial charge in [0.25, 0.3) is 5.56 Å². The second kappa shape index (κ2) is 8.28. The van der Waals surface area contributed by atoms with E-state index < -0.39 is 0 Å². The number of nitrogens with zero attached hydrogens (tertiary/aromatic N) is 3. The fraction of sp³-hybridized carbons (Fsp3) is 0.333. The van der Waals surface area contributed by atoms with E-state index in [0.717, 1.165) is 24.2 Å². The lowest BCUT2D eigenvalue weighted by Crippen LogP contribution is -2.11. The third-order valence-corrected chi connectivity index (χ3v) is 3.69. The van der Waals surface area contributed by atoms with Crippen LogP contribution in [-0.4, -0.2) is 38.8 Å². The van der Waals surface area contributed by atoms with Crippen molar-refractivity contribution in [3.63, 3.8) is 0 Å². The summed E-state index contributed by atoms with van der Waals surface area (Å²) in [6.07, 6.45) is 1.81. The Balaban J connectivity index is 1.96. The highest BCUT2D eigenvalue weighted by Gasteiger charge is 2.13. The highest BCUT2D eigenvalue weighted by molar-refractivity contribution is 5.70. The monoisotopic (exact) mass is 355 g/mol. The minimum absolute atomic E-state index is 0.284. The summed E-state index contributed by atoms with van der Waals surface area (Å²) in [6.45, 7) is 5.32. The number of pyridine rings is 1. The van der Waals surface area contributed by atoms with Crippen LogP contribution in [0.25, 0.3) is 22.6 Å². The molecule has 0 saturated carbocycles. The van der Waals surface area contributed by atoms with Gasteiger partial charge in [-0.05, 0) is 47.5 Å². The van der Waals surface area contributed by atoms with Crippen molar-refractivity contribution in [2.75, 3.05) is 13.2 Å². The Morgan fingerprint density at radius 3 is 2.46 bits per heavy atom. The van der Waals surface area contributed by atoms with Crippen LogP contribution in [0, 0.1) is 0 Å². The van der Waals surface area contributed by atoms with Crippen molar-refractivity contribution in [1.82, 2.24) is 25.6 Å². The average Bonchev–Trinajstić information content (AvgIpc) is 3.19. The molecule has 2 aromatic heterocycles. The second-order valence-corrected chi connectivity index (χ2v) is 5.72. The number of hydrogen-bond acceptors (Lipinski definition) is 6. The average molecular weight is 355 g/mol. The molecule has 2 N–H and O–H groups in total. The number of ether oxygens (including phenoxy) is 2. The van der Waals surface area contributed by atoms with E-state index in [1.807, 2.05) is 25.1 Å². The molecule has 0 atom stereocenters. The summed E-state index contributed by atoms with van der Waals surface area (Å²) in [5.41, 5.74) is 1.53. The molecule has 2 heterocycles. The van der Waals surface area contributed by atoms with E-state index in [-0.39, 0.29) is 5.56 Å². The van der Waals surface area contributed by atoms with E-state index >= 15 is 0 Å². The van der Waals surface area contributed by atoms with Gasteiger partial charge in [0.05, 0.1) is 24.5 Å². The van der Waals surface area contributed by atoms with E-state index in [2.05, 4.69) is 32.5 Å². The quantitative estimate of drug-likeness (QED) is 0.643. The van der Waals surface area contributed by atoms with Crippen LogP contribution < -0.4 is 15.0 Å². The smallest absolute Gasteiger partial charge is 0.259 e. The normalized spacial score (nSPS) is 10.7. The van der Waals surface area contributed by atoms with Gasteiger partial charge in [-0.2, -0.15) is 0 Å². The van der Waals surface area contributed by atoms with Crippen LogP contribution >= 0.6 is 0 Å². The van der Waals surface area contributed by atoms with Gasteiger partial charge in [0.2, 0.25) is 0 Å². The molecule has 0 aliphatic heterocycles. The van der Waals surface area contributed by atoms with Crippen molar-refractivity contribution >= 4 is 0 Å². The number of aromatic amines is 2. The van der Waals surface area contributed by atoms with Crippen molar-refractivity contribution in [1.29, 1.82) is 0 Å². The van der Waals surface area contributed by atoms with Gasteiger partial charge in [-0.25, -0.2) is 5.10 Å². The number of tetrazole rings is 1. The number of aromatic nitrogens is 5. The molecule has 1 aromatic carbocycles. The molecule has 3 aromatic rings. The summed E-state index contributed by atoms with van der Waals surface area (Å²) in [6, 6.07) is 9.10. The van der Waals surface area contributed by atoms with Gasteiger partial charge in [0.1, 0.15) is 11.5 Å². The standard InChI is InChI=1S/C18H21N5O3/c1-3-9-25-12-5-6-13(16(11-12)26-10-4-2)15-8-7-14(18(24)19-15)17-20-22-23-21-17/h5-8,11H,3-4,9-10H2,1-2H3,(H,19,24)(H,20,21,22,23). The molecular formula is C18H21N5O3. The first kappa shape index (κ1) is 17.7. The first-order valence-electron chi connectivity index (χ1n) is 8.60. The number of H-pyrrole nitrogens is 2. The molecule has 0 radical (unpaired) electrons. The van der Waals surface area contributed by atoms with Crippen LogP contribution in [0.15, 0.2) is 35.1 Å². The van der Waals surface area contributed by atoms with E-state index in [1.165, 1.54) is 0 Å². The molecule has 0 saturated heterocycles. The molecule has 136 valence electrons. The predicted molar refractivity (Wildman–Crippen MR) is 97.2 cm³/mol. The van der Waals surface area contributed by atoms with Crippen molar-refractivity contribution in [3.8, 4) is 34.1 Å². The zero-order valence-electron chi connectivity index (χ0n) is 14.8. The van der Waals surface area contributed by atoms with Crippen LogP contribution in [0.5, 0.6) is 11.5 Å². The summed E-state index contributed by atoms with van der Waals surface area (Å²) in [5.74, 6) is 1.74. The third kappa shape index (κ3) is 3.90. The number of rotatable bonds is 8. The number of hydrogen-bond donors (Lipinski definition) is 2. The minimum atomic E-state index is -0.284. The Hall–Kier alpha value is -3.16. The molecule has 0 aliphatic carbocycles. The topological polar surface area (TPSA) is 106 Å². The van der Waals surface area contributed by atoms with Crippen LogP contribution in [0.3, 0.4) is 0 Å². The fourth-order valence-electron chi connectivity index (χ4n) is 2.46. The molecule has 3 rings (SSSR count). The zero-order chi connectivity index (χ0) is 18.4. The van der Waals surface area contributed by atoms with Gasteiger partial charge >= 0.3 is 0 Å². The first-order valence-corrected chi connectivity index (χ1v) is 8.60. The lowest BCUT2D eigenvalue weighted by Gasteiger charge is -2.13. The lowest BCUT2D eigenvalue weighted by atomic mass is 10.1. The van der Waals surface area contributed by atoms with Crippen molar-refractivity contribution < 1.29 is 9.47 Å². The molecule has 0 spiro atoms. The maximum absolute atomic E-state index is 12.4. The Kier molecular flexibility index (Phi) is 5.62. The predicted octanol–water partition coefficient (Wildman–Crippen LogP) is 2.80. The zero-order valence-corrected chi connectivity index (χ0v) is 14.8. The molecule has 0 bridgehead atoms. The summed E-state index contributed by atoms with van der Waals surface area (Å²) < 4.78 is 11.5. The molecule has 0 amide bonds. The van der Waals surface area contributed by atoms with Crippen molar-refractivity contribution in [2.24, 2.45) is 0 Å². The maximum atomic E-state index is 12.4. The molecule has 26 heavy (non-hydrogen) atoms. The molecule has 0 aliphatic rings. The molecule has 8 nitrogen and oxygen atoms in total. The van der Waals surface area contributed by atoms with Crippen LogP contribution in [-0.2, 0) is 0 Å². The Bertz CT molecular complexity index is 905. The van der Waals surface area contributed by atoms with Crippen LogP contribution in [0.4, 0.5) is 0 Å². The summed E-state index contributed by atoms with van der Waals surface area (Å²) in [7, 11) is 0. The fourth-order valence-corrected chi connectivity index (χ4v) is 2.46. The summed E-state index contributed by atoms with van der Waals surface area (Å²) in [4.78, 5) is 15.3. The largest absolute Gasteiger partial charge is 0.493 e. The maximum Gasteiger partial charge on any atom is 0.259 e. The van der Waals surface area contributed by atoms with Crippen LogP contribution in [0.2, 0.25) is 0 Å². The Morgan fingerprint density at radius 2 is 1.77 bits per heavy atom. The van der Waals surface area contributed by atoms with Gasteiger partial charge < -0.3 is 14.5 Å². The van der Waals surface area contributed by atoms with E-state index in [0.29, 0.717) is 36.0 Å². The van der Waals surface area contributed by atoms with E-state index in [9.17, 15) is 4.79 Å². The van der Waals surface area contributed by atoms with E-state index in [4.69, 9.17) is 9.47 Å². The molecule has 8 heteroatoms. The number of benzene rings is 1.